The molecule has 0 aromatic carbocycles. The summed E-state index contributed by atoms with van der Waals surface area (Å²) >= 11 is 0. The number of piperidine rings is 2. The summed E-state index contributed by atoms with van der Waals surface area (Å²) in [6, 6.07) is 0. The Bertz CT molecular complexity index is 412. The van der Waals surface area contributed by atoms with Crippen molar-refractivity contribution < 1.29 is 8.85 Å². The minimum Gasteiger partial charge on any atom is -0.374 e. The van der Waals surface area contributed by atoms with Gasteiger partial charge >= 0.3 is 8.88 Å². The van der Waals surface area contributed by atoms with E-state index in [1.165, 1.54) is 38.5 Å². The lowest BCUT2D eigenvalue weighted by atomic mass is 9.82. The smallest absolute Gasteiger partial charge is 0.374 e. The Morgan fingerprint density at radius 3 is 1.00 bits per heavy atom. The van der Waals surface area contributed by atoms with E-state index in [4.69, 9.17) is 8.85 Å². The molecule has 0 aliphatic carbocycles. The number of rotatable bonds is 4. The van der Waals surface area contributed by atoms with Crippen molar-refractivity contribution in [2.45, 2.75) is 116 Å². The summed E-state index contributed by atoms with van der Waals surface area (Å²) in [4.78, 5) is 0. The van der Waals surface area contributed by atoms with Gasteiger partial charge in [0.25, 0.3) is 0 Å². The monoisotopic (exact) mass is 370 g/mol. The number of hydrogen-bond donors (Lipinski definition) is 0. The molecule has 5 heteroatoms. The Hall–Kier alpha value is 0.0569. The van der Waals surface area contributed by atoms with Crippen molar-refractivity contribution in [2.24, 2.45) is 0 Å². The summed E-state index contributed by atoms with van der Waals surface area (Å²) in [5.74, 6) is 0. The van der Waals surface area contributed by atoms with Crippen LogP contribution in [0.15, 0.2) is 0 Å². The predicted octanol–water partition coefficient (Wildman–Crippen LogP) is 4.80. The Labute approximate surface area is 157 Å². The molecule has 25 heavy (non-hydrogen) atoms. The third kappa shape index (κ3) is 3.47. The summed E-state index contributed by atoms with van der Waals surface area (Å²) in [6.45, 7) is 19.0. The van der Waals surface area contributed by atoms with Crippen molar-refractivity contribution in [3.8, 4) is 0 Å². The average Bonchev–Trinajstić information content (AvgIpc) is 2.42. The highest BCUT2D eigenvalue weighted by atomic mass is 28.4. The molecule has 148 valence electrons. The van der Waals surface area contributed by atoms with Gasteiger partial charge in [-0.15, -0.1) is 0 Å². The van der Waals surface area contributed by atoms with Gasteiger partial charge in [-0.1, -0.05) is 0 Å². The van der Waals surface area contributed by atoms with Gasteiger partial charge in [-0.25, -0.2) is 0 Å². The van der Waals surface area contributed by atoms with Gasteiger partial charge in [0, 0.05) is 36.4 Å². The van der Waals surface area contributed by atoms with Crippen LogP contribution in [-0.2, 0) is 8.85 Å². The van der Waals surface area contributed by atoms with Crippen LogP contribution in [0.25, 0.3) is 0 Å². The molecule has 0 atom stereocenters. The number of nitrogens with zero attached hydrogens (tertiary/aromatic N) is 2. The van der Waals surface area contributed by atoms with E-state index in [0.717, 1.165) is 0 Å². The van der Waals surface area contributed by atoms with Crippen molar-refractivity contribution in [1.82, 2.24) is 9.13 Å². The Morgan fingerprint density at radius 2 is 0.800 bits per heavy atom. The van der Waals surface area contributed by atoms with Crippen LogP contribution < -0.4 is 0 Å². The summed E-state index contributed by atoms with van der Waals surface area (Å²) in [5, 5.41) is 0. The molecule has 2 rings (SSSR count). The molecule has 0 saturated carbocycles. The van der Waals surface area contributed by atoms with Crippen LogP contribution in [0.5, 0.6) is 0 Å². The van der Waals surface area contributed by atoms with E-state index in [-0.39, 0.29) is 22.2 Å². The normalized spacial score (nSPS) is 29.5. The largest absolute Gasteiger partial charge is 0.523 e. The minimum absolute atomic E-state index is 0.0591. The standard InChI is InChI=1S/C20H42N2O2Si/c1-17(2)13-11-14-18(3,4)21(17)25(23-9,24-10)22-19(5,6)15-12-16-20(22,7)8/h11-16H2,1-10H3. The first kappa shape index (κ1) is 21.4. The first-order valence-corrected chi connectivity index (χ1v) is 11.7. The number of hydrogen-bond acceptors (Lipinski definition) is 4. The van der Waals surface area contributed by atoms with Gasteiger partial charge in [0.2, 0.25) is 0 Å². The van der Waals surface area contributed by atoms with E-state index in [1.807, 2.05) is 14.2 Å². The van der Waals surface area contributed by atoms with Gasteiger partial charge in [-0.3, -0.25) is 9.13 Å². The molecule has 0 unspecified atom stereocenters. The third-order valence-corrected chi connectivity index (χ3v) is 11.3. The molecule has 2 aliphatic rings. The zero-order valence-electron chi connectivity index (χ0n) is 18.5. The van der Waals surface area contributed by atoms with Crippen molar-refractivity contribution in [3.05, 3.63) is 0 Å². The van der Waals surface area contributed by atoms with Crippen molar-refractivity contribution in [3.63, 3.8) is 0 Å². The molecule has 0 aromatic heterocycles. The molecule has 2 aliphatic heterocycles. The summed E-state index contributed by atoms with van der Waals surface area (Å²) in [6.07, 6.45) is 7.28. The minimum atomic E-state index is -2.82. The lowest BCUT2D eigenvalue weighted by Gasteiger charge is -2.66. The van der Waals surface area contributed by atoms with Crippen molar-refractivity contribution in [1.29, 1.82) is 0 Å². The zero-order chi connectivity index (χ0) is 19.3. The van der Waals surface area contributed by atoms with Gasteiger partial charge in [-0.2, -0.15) is 0 Å². The first-order valence-electron chi connectivity index (χ1n) is 9.98. The molecular formula is C20H42N2O2Si. The fraction of sp³-hybridized carbons (Fsp3) is 1.00. The van der Waals surface area contributed by atoms with Gasteiger partial charge in [-0.05, 0) is 93.9 Å². The van der Waals surface area contributed by atoms with Gasteiger partial charge in [0.05, 0.1) is 0 Å². The quantitative estimate of drug-likeness (QED) is 0.664. The molecule has 4 nitrogen and oxygen atoms in total. The lowest BCUT2D eigenvalue weighted by Crippen LogP contribution is -2.84. The summed E-state index contributed by atoms with van der Waals surface area (Å²) < 4.78 is 18.3. The van der Waals surface area contributed by atoms with Crippen molar-refractivity contribution >= 4 is 8.88 Å². The summed E-state index contributed by atoms with van der Waals surface area (Å²) in [7, 11) is 0.928. The van der Waals surface area contributed by atoms with Gasteiger partial charge in [0.1, 0.15) is 0 Å². The molecule has 2 saturated heterocycles. The summed E-state index contributed by atoms with van der Waals surface area (Å²) in [5.41, 5.74) is 0.237. The van der Waals surface area contributed by atoms with E-state index in [1.54, 1.807) is 0 Å². The van der Waals surface area contributed by atoms with Crippen molar-refractivity contribution in [2.75, 3.05) is 14.2 Å². The molecule has 0 spiro atoms. The van der Waals surface area contributed by atoms with Crippen LogP contribution >= 0.6 is 0 Å². The lowest BCUT2D eigenvalue weighted by molar-refractivity contribution is -0.0843. The zero-order valence-corrected chi connectivity index (χ0v) is 19.5. The Morgan fingerprint density at radius 1 is 0.560 bits per heavy atom. The topological polar surface area (TPSA) is 24.9 Å². The molecule has 2 heterocycles. The maximum absolute atomic E-state index is 6.48. The fourth-order valence-corrected chi connectivity index (χ4v) is 10.7. The first-order chi connectivity index (χ1) is 11.3. The second kappa shape index (κ2) is 6.59. The maximum atomic E-state index is 6.48. The molecule has 0 bridgehead atoms. The predicted molar refractivity (Wildman–Crippen MR) is 107 cm³/mol. The highest BCUT2D eigenvalue weighted by Crippen LogP contribution is 2.49. The SMILES string of the molecule is CO[Si](OC)(N1C(C)(C)CCCC1(C)C)N1C(C)(C)CCCC1(C)C. The third-order valence-electron chi connectivity index (χ3n) is 6.67. The van der Waals surface area contributed by atoms with E-state index in [0.29, 0.717) is 0 Å². The Balaban J connectivity index is 2.68. The molecule has 2 fully saturated rings. The maximum Gasteiger partial charge on any atom is 0.523 e. The second-order valence-electron chi connectivity index (χ2n) is 10.6. The van der Waals surface area contributed by atoms with E-state index < -0.39 is 8.88 Å². The molecule has 0 radical (unpaired) electrons. The van der Waals surface area contributed by atoms with Crippen LogP contribution in [-0.4, -0.2) is 54.4 Å². The van der Waals surface area contributed by atoms with Gasteiger partial charge in [0.15, 0.2) is 0 Å². The van der Waals surface area contributed by atoms with Gasteiger partial charge < -0.3 is 8.85 Å². The fourth-order valence-electron chi connectivity index (χ4n) is 6.07. The van der Waals surface area contributed by atoms with Crippen LogP contribution in [0.1, 0.15) is 93.9 Å². The Kier molecular flexibility index (Phi) is 5.63. The molecule has 0 N–H and O–H groups in total. The second-order valence-corrected chi connectivity index (χ2v) is 13.4. The molecule has 0 amide bonds. The average molecular weight is 371 g/mol. The molecule has 0 aromatic rings. The van der Waals surface area contributed by atoms with Crippen LogP contribution in [0.3, 0.4) is 0 Å². The van der Waals surface area contributed by atoms with E-state index in [9.17, 15) is 0 Å². The van der Waals surface area contributed by atoms with Crippen LogP contribution in [0, 0.1) is 0 Å². The molecular weight excluding hydrogens is 328 g/mol. The van der Waals surface area contributed by atoms with E-state index >= 15 is 0 Å². The van der Waals surface area contributed by atoms with E-state index in [2.05, 4.69) is 64.5 Å². The van der Waals surface area contributed by atoms with Crippen LogP contribution in [0.2, 0.25) is 0 Å². The highest BCUT2D eigenvalue weighted by molar-refractivity contribution is 6.62. The van der Waals surface area contributed by atoms with Crippen LogP contribution in [0.4, 0.5) is 0 Å². The highest BCUT2D eigenvalue weighted by Gasteiger charge is 2.67.